The molecule has 2 rings (SSSR count). The zero-order chi connectivity index (χ0) is 13.8. The van der Waals surface area contributed by atoms with Crippen molar-refractivity contribution in [2.45, 2.75) is 20.3 Å². The Labute approximate surface area is 119 Å². The highest BCUT2D eigenvalue weighted by Crippen LogP contribution is 2.24. The molecule has 0 N–H and O–H groups in total. The number of hydrogen-bond acceptors (Lipinski definition) is 4. The van der Waals surface area contributed by atoms with Gasteiger partial charge in [0.25, 0.3) is 0 Å². The number of pyridine rings is 1. The second-order valence-electron chi connectivity index (χ2n) is 3.87. The molecule has 0 spiro atoms. The van der Waals surface area contributed by atoms with Crippen molar-refractivity contribution in [3.63, 3.8) is 0 Å². The van der Waals surface area contributed by atoms with Gasteiger partial charge in [0.15, 0.2) is 10.4 Å². The molecule has 0 atom stereocenters. The molecule has 0 aliphatic heterocycles. The zero-order valence-corrected chi connectivity index (χ0v) is 12.4. The number of esters is 1. The maximum absolute atomic E-state index is 11.8. The first-order valence-corrected chi connectivity index (χ1v) is 6.87. The summed E-state index contributed by atoms with van der Waals surface area (Å²) in [5.74, 6) is 0.330. The quantitative estimate of drug-likeness (QED) is 0.802. The SMILES string of the molecule is CCOC(=O)c1ccc(-c2ccc(Br)o2)nc1CC. The molecule has 0 bridgehead atoms. The molecule has 0 saturated heterocycles. The van der Waals surface area contributed by atoms with E-state index in [0.717, 1.165) is 0 Å². The van der Waals surface area contributed by atoms with Gasteiger partial charge in [-0.25, -0.2) is 9.78 Å². The van der Waals surface area contributed by atoms with Crippen LogP contribution in [0.1, 0.15) is 29.9 Å². The van der Waals surface area contributed by atoms with Crippen LogP contribution in [0.4, 0.5) is 0 Å². The van der Waals surface area contributed by atoms with Gasteiger partial charge in [0, 0.05) is 0 Å². The highest BCUT2D eigenvalue weighted by atomic mass is 79.9. The number of halogens is 1. The maximum atomic E-state index is 11.8. The fraction of sp³-hybridized carbons (Fsp3) is 0.286. The second-order valence-corrected chi connectivity index (χ2v) is 4.65. The van der Waals surface area contributed by atoms with Crippen LogP contribution in [0.5, 0.6) is 0 Å². The predicted molar refractivity (Wildman–Crippen MR) is 75.0 cm³/mol. The third kappa shape index (κ3) is 3.04. The first-order valence-electron chi connectivity index (χ1n) is 6.08. The van der Waals surface area contributed by atoms with Gasteiger partial charge in [-0.1, -0.05) is 6.92 Å². The minimum absolute atomic E-state index is 0.334. The Hall–Kier alpha value is -1.62. The minimum Gasteiger partial charge on any atom is -0.462 e. The molecule has 4 nitrogen and oxygen atoms in total. The van der Waals surface area contributed by atoms with E-state index in [1.54, 1.807) is 19.1 Å². The van der Waals surface area contributed by atoms with E-state index in [1.165, 1.54) is 0 Å². The highest BCUT2D eigenvalue weighted by Gasteiger charge is 2.15. The van der Waals surface area contributed by atoms with E-state index in [1.807, 2.05) is 19.1 Å². The largest absolute Gasteiger partial charge is 0.462 e. The van der Waals surface area contributed by atoms with E-state index < -0.39 is 0 Å². The van der Waals surface area contributed by atoms with Crippen molar-refractivity contribution in [3.05, 3.63) is 40.2 Å². The summed E-state index contributed by atoms with van der Waals surface area (Å²) < 4.78 is 11.1. The van der Waals surface area contributed by atoms with Crippen molar-refractivity contribution in [2.24, 2.45) is 0 Å². The van der Waals surface area contributed by atoms with E-state index >= 15 is 0 Å². The van der Waals surface area contributed by atoms with Crippen molar-refractivity contribution in [2.75, 3.05) is 6.61 Å². The third-order valence-corrected chi connectivity index (χ3v) is 3.06. The first-order chi connectivity index (χ1) is 9.15. The van der Waals surface area contributed by atoms with Crippen molar-refractivity contribution >= 4 is 21.9 Å². The van der Waals surface area contributed by atoms with E-state index in [9.17, 15) is 4.79 Å². The van der Waals surface area contributed by atoms with Crippen molar-refractivity contribution < 1.29 is 13.9 Å². The standard InChI is InChI=1S/C14H14BrNO3/c1-3-10-9(14(17)18-4-2)5-6-11(16-10)12-7-8-13(15)19-12/h5-8H,3-4H2,1-2H3. The Morgan fingerprint density at radius 1 is 1.32 bits per heavy atom. The van der Waals surface area contributed by atoms with Crippen LogP contribution >= 0.6 is 15.9 Å². The molecule has 19 heavy (non-hydrogen) atoms. The summed E-state index contributed by atoms with van der Waals surface area (Å²) in [6.07, 6.45) is 0.657. The lowest BCUT2D eigenvalue weighted by atomic mass is 10.1. The number of carbonyl (C=O) groups is 1. The summed E-state index contributed by atoms with van der Waals surface area (Å²) in [4.78, 5) is 16.2. The van der Waals surface area contributed by atoms with Crippen LogP contribution in [0, 0.1) is 0 Å². The Morgan fingerprint density at radius 3 is 2.68 bits per heavy atom. The van der Waals surface area contributed by atoms with Crippen LogP contribution in [-0.2, 0) is 11.2 Å². The number of carbonyl (C=O) groups excluding carboxylic acids is 1. The van der Waals surface area contributed by atoms with Crippen LogP contribution < -0.4 is 0 Å². The molecule has 0 aliphatic rings. The number of ether oxygens (including phenoxy) is 1. The lowest BCUT2D eigenvalue weighted by Gasteiger charge is -2.07. The second kappa shape index (κ2) is 6.02. The molecule has 0 radical (unpaired) electrons. The van der Waals surface area contributed by atoms with E-state index in [0.29, 0.717) is 40.4 Å². The molecule has 2 aromatic heterocycles. The molecule has 100 valence electrons. The van der Waals surface area contributed by atoms with Crippen molar-refractivity contribution in [1.29, 1.82) is 0 Å². The Bertz CT molecular complexity index is 592. The van der Waals surface area contributed by atoms with Gasteiger partial charge >= 0.3 is 5.97 Å². The fourth-order valence-corrected chi connectivity index (χ4v) is 2.06. The summed E-state index contributed by atoms with van der Waals surface area (Å²) >= 11 is 3.25. The van der Waals surface area contributed by atoms with E-state index in [4.69, 9.17) is 9.15 Å². The average molecular weight is 324 g/mol. The first kappa shape index (κ1) is 13.8. The molecule has 0 fully saturated rings. The van der Waals surface area contributed by atoms with Crippen molar-refractivity contribution in [3.8, 4) is 11.5 Å². The summed E-state index contributed by atoms with van der Waals surface area (Å²) in [6.45, 7) is 4.09. The molecule has 0 amide bonds. The molecule has 0 aliphatic carbocycles. The average Bonchev–Trinajstić information content (AvgIpc) is 2.85. The Kier molecular flexibility index (Phi) is 4.37. The van der Waals surface area contributed by atoms with Gasteiger partial charge in [-0.3, -0.25) is 0 Å². The molecular weight excluding hydrogens is 310 g/mol. The fourth-order valence-electron chi connectivity index (χ4n) is 1.75. The van der Waals surface area contributed by atoms with Crippen LogP contribution in [0.15, 0.2) is 33.4 Å². The summed E-state index contributed by atoms with van der Waals surface area (Å²) in [5.41, 5.74) is 1.93. The summed E-state index contributed by atoms with van der Waals surface area (Å²) in [6, 6.07) is 7.13. The molecule has 5 heteroatoms. The number of aryl methyl sites for hydroxylation is 1. The minimum atomic E-state index is -0.334. The lowest BCUT2D eigenvalue weighted by molar-refractivity contribution is 0.0524. The smallest absolute Gasteiger partial charge is 0.339 e. The topological polar surface area (TPSA) is 52.3 Å². The Balaban J connectivity index is 2.38. The lowest BCUT2D eigenvalue weighted by Crippen LogP contribution is -2.09. The molecule has 0 unspecified atom stereocenters. The van der Waals surface area contributed by atoms with Crippen LogP contribution in [0.3, 0.4) is 0 Å². The summed E-state index contributed by atoms with van der Waals surface area (Å²) in [5, 5.41) is 0. The monoisotopic (exact) mass is 323 g/mol. The van der Waals surface area contributed by atoms with Gasteiger partial charge in [0.05, 0.1) is 17.9 Å². The summed E-state index contributed by atoms with van der Waals surface area (Å²) in [7, 11) is 0. The number of furan rings is 1. The number of hydrogen-bond donors (Lipinski definition) is 0. The molecule has 2 aromatic rings. The highest BCUT2D eigenvalue weighted by molar-refractivity contribution is 9.10. The van der Waals surface area contributed by atoms with Gasteiger partial charge in [0.2, 0.25) is 0 Å². The van der Waals surface area contributed by atoms with Gasteiger partial charge in [-0.05, 0) is 53.5 Å². The van der Waals surface area contributed by atoms with E-state index in [2.05, 4.69) is 20.9 Å². The van der Waals surface area contributed by atoms with Crippen LogP contribution in [0.25, 0.3) is 11.5 Å². The molecule has 0 aromatic carbocycles. The zero-order valence-electron chi connectivity index (χ0n) is 10.8. The predicted octanol–water partition coefficient (Wildman–Crippen LogP) is 3.84. The molecular formula is C14H14BrNO3. The van der Waals surface area contributed by atoms with Gasteiger partial charge in [-0.15, -0.1) is 0 Å². The van der Waals surface area contributed by atoms with Gasteiger partial charge in [0.1, 0.15) is 5.69 Å². The maximum Gasteiger partial charge on any atom is 0.339 e. The number of aromatic nitrogens is 1. The van der Waals surface area contributed by atoms with Crippen molar-refractivity contribution in [1.82, 2.24) is 4.98 Å². The third-order valence-electron chi connectivity index (χ3n) is 2.63. The molecule has 2 heterocycles. The van der Waals surface area contributed by atoms with E-state index in [-0.39, 0.29) is 5.97 Å². The van der Waals surface area contributed by atoms with Gasteiger partial charge < -0.3 is 9.15 Å². The molecule has 0 saturated carbocycles. The van der Waals surface area contributed by atoms with Gasteiger partial charge in [-0.2, -0.15) is 0 Å². The number of rotatable bonds is 4. The van der Waals surface area contributed by atoms with Crippen LogP contribution in [0.2, 0.25) is 0 Å². The van der Waals surface area contributed by atoms with Crippen LogP contribution in [-0.4, -0.2) is 17.6 Å². The number of nitrogens with zero attached hydrogens (tertiary/aromatic N) is 1. The normalized spacial score (nSPS) is 10.5. The Morgan fingerprint density at radius 2 is 2.11 bits per heavy atom.